The molecule has 0 saturated carbocycles. The van der Waals surface area contributed by atoms with Crippen LogP contribution in [0.5, 0.6) is 0 Å². The third kappa shape index (κ3) is 26.8. The van der Waals surface area contributed by atoms with Crippen molar-refractivity contribution in [3.05, 3.63) is 297 Å². The normalized spacial score (nSPS) is 14.2. The number of benzene rings is 8. The van der Waals surface area contributed by atoms with Gasteiger partial charge in [0, 0.05) is 25.3 Å². The first-order valence-corrected chi connectivity index (χ1v) is 37.3. The van der Waals surface area contributed by atoms with Gasteiger partial charge in [-0.05, 0) is 189 Å². The molecule has 0 heterocycles. The van der Waals surface area contributed by atoms with Crippen LogP contribution >= 0.6 is 0 Å². The molecule has 0 saturated heterocycles. The van der Waals surface area contributed by atoms with Crippen LogP contribution in [0.25, 0.3) is 12.2 Å². The zero-order chi connectivity index (χ0) is 73.3. The summed E-state index contributed by atoms with van der Waals surface area (Å²) in [6, 6.07) is 74.0. The molecule has 548 valence electrons. The molecule has 6 unspecified atom stereocenters. The van der Waals surface area contributed by atoms with E-state index in [9.17, 15) is 0 Å². The number of ether oxygens (including phenoxy) is 6. The van der Waals surface area contributed by atoms with E-state index in [1.807, 2.05) is 42.5 Å². The minimum atomic E-state index is -0.221. The molecule has 6 atom stereocenters. The van der Waals surface area contributed by atoms with Gasteiger partial charge in [-0.3, -0.25) is 9.68 Å². The van der Waals surface area contributed by atoms with Gasteiger partial charge in [0.15, 0.2) is 0 Å². The minimum Gasteiger partial charge on any atom is -0.382 e. The Morgan fingerprint density at radius 3 is 1.17 bits per heavy atom. The SMILES string of the molecule is C=Cc1ccc2c(c1)CC2.C=Cc1ccccc1.COCCOCCOCc1ccc(C(C)CC(CC(ON(C(c2ccccc2)C(C)C)C(C)(C)C)c2ccc3c(c2)CC3)c2ccccc2)cc1.COCCOCCOCc1ccc(C(C)ON(C(c2ccccc2)C(C)C)C(C)(C)C)cc1. The molecule has 0 spiro atoms. The standard InChI is InChI=1S/C46H61NO4.C28H43NO4.C10H10.C8H8/c1-34(2)45(40-16-12-9-13-17-40)47(46(4,5)6)51-44(42-25-23-39-22-24-41(39)31-42)32-43(38-14-10-8-11-15-38)30-35(3)37-20-18-36(19-21-37)33-50-29-28-49-27-26-48-7;1-22(2)27(26-11-9-8-10-12-26)29(28(4,5)6)33-23(3)25-15-13-24(14-16-25)21-32-20-19-31-18-17-30-7;1-2-8-3-4-9-5-6-10(9)7-8;1-2-8-6-4-3-5-7-8/h8-21,23,25,31,34-35,43-45H,22,24,26-30,32-33H2,1-7H3;8-16,22-23,27H,17-21H2,1-7H3;2-4,7H,1,5-6H2;2-7H,1H2. The molecule has 0 aromatic heterocycles. The first-order valence-electron chi connectivity index (χ1n) is 37.3. The van der Waals surface area contributed by atoms with Crippen LogP contribution in [0, 0.1) is 11.8 Å². The Labute approximate surface area is 615 Å². The van der Waals surface area contributed by atoms with Gasteiger partial charge in [-0.15, -0.1) is 0 Å². The summed E-state index contributed by atoms with van der Waals surface area (Å²) in [5, 5.41) is 4.49. The van der Waals surface area contributed by atoms with Crippen LogP contribution in [0.15, 0.2) is 219 Å². The Morgan fingerprint density at radius 1 is 0.373 bits per heavy atom. The van der Waals surface area contributed by atoms with Crippen LogP contribution in [0.3, 0.4) is 0 Å². The van der Waals surface area contributed by atoms with Crippen LogP contribution in [0.2, 0.25) is 0 Å². The second-order valence-corrected chi connectivity index (χ2v) is 29.7. The summed E-state index contributed by atoms with van der Waals surface area (Å²) in [6.07, 6.45) is 10.3. The van der Waals surface area contributed by atoms with Gasteiger partial charge in [0.25, 0.3) is 0 Å². The van der Waals surface area contributed by atoms with Crippen LogP contribution < -0.4 is 0 Å². The van der Waals surface area contributed by atoms with Crippen LogP contribution in [-0.2, 0) is 77.0 Å². The molecule has 2 aliphatic rings. The monoisotopic (exact) mass is 1380 g/mol. The lowest BCUT2D eigenvalue weighted by Crippen LogP contribution is -2.46. The molecule has 0 amide bonds. The Hall–Kier alpha value is -7.16. The third-order valence-electron chi connectivity index (χ3n) is 18.9. The lowest BCUT2D eigenvalue weighted by molar-refractivity contribution is -0.278. The third-order valence-corrected chi connectivity index (χ3v) is 18.9. The summed E-state index contributed by atoms with van der Waals surface area (Å²) in [4.78, 5) is 14.1. The van der Waals surface area contributed by atoms with E-state index in [-0.39, 0.29) is 35.4 Å². The van der Waals surface area contributed by atoms with E-state index in [0.29, 0.717) is 89.7 Å². The Morgan fingerprint density at radius 2 is 0.765 bits per heavy atom. The maximum Gasteiger partial charge on any atom is 0.105 e. The van der Waals surface area contributed by atoms with Crippen molar-refractivity contribution in [1.29, 1.82) is 0 Å². The van der Waals surface area contributed by atoms with Gasteiger partial charge in [-0.25, -0.2) is 0 Å². The second-order valence-electron chi connectivity index (χ2n) is 29.7. The summed E-state index contributed by atoms with van der Waals surface area (Å²) in [6.45, 7) is 40.3. The summed E-state index contributed by atoms with van der Waals surface area (Å²) < 4.78 is 32.5. The van der Waals surface area contributed by atoms with E-state index in [1.54, 1.807) is 14.2 Å². The highest BCUT2D eigenvalue weighted by Crippen LogP contribution is 2.44. The molecular formula is C92H122N2O8. The summed E-state index contributed by atoms with van der Waals surface area (Å²) >= 11 is 0. The topological polar surface area (TPSA) is 80.3 Å². The lowest BCUT2D eigenvalue weighted by Gasteiger charge is -2.45. The van der Waals surface area contributed by atoms with Gasteiger partial charge in [0.05, 0.1) is 78.2 Å². The van der Waals surface area contributed by atoms with Crippen molar-refractivity contribution in [2.24, 2.45) is 11.8 Å². The summed E-state index contributed by atoms with van der Waals surface area (Å²) in [5.74, 6) is 1.42. The molecule has 10 nitrogen and oxygen atoms in total. The van der Waals surface area contributed by atoms with Gasteiger partial charge in [0.2, 0.25) is 0 Å². The van der Waals surface area contributed by atoms with E-state index >= 15 is 0 Å². The molecule has 0 aliphatic heterocycles. The predicted octanol–water partition coefficient (Wildman–Crippen LogP) is 21.9. The number of methoxy groups -OCH3 is 2. The Balaban J connectivity index is 0.000000240. The highest BCUT2D eigenvalue weighted by Gasteiger charge is 2.38. The highest BCUT2D eigenvalue weighted by atomic mass is 16.7. The number of hydrogen-bond acceptors (Lipinski definition) is 10. The molecule has 10 rings (SSSR count). The fourth-order valence-electron chi connectivity index (χ4n) is 13.0. The number of hydrogen-bond donors (Lipinski definition) is 0. The molecule has 102 heavy (non-hydrogen) atoms. The average molecular weight is 1380 g/mol. The molecule has 8 aromatic rings. The van der Waals surface area contributed by atoms with Crippen molar-refractivity contribution in [2.45, 2.75) is 182 Å². The van der Waals surface area contributed by atoms with E-state index in [4.69, 9.17) is 38.1 Å². The number of nitrogens with zero attached hydrogens (tertiary/aromatic N) is 2. The number of hydroxylamine groups is 4. The second kappa shape index (κ2) is 43.2. The van der Waals surface area contributed by atoms with Crippen molar-refractivity contribution in [1.82, 2.24) is 10.1 Å². The highest BCUT2D eigenvalue weighted by molar-refractivity contribution is 5.52. The van der Waals surface area contributed by atoms with Gasteiger partial charge < -0.3 is 28.4 Å². The fraction of sp³-hybridized carbons (Fsp3) is 0.435. The lowest BCUT2D eigenvalue weighted by atomic mass is 9.80. The molecule has 8 aromatic carbocycles. The van der Waals surface area contributed by atoms with E-state index in [2.05, 4.69) is 282 Å². The molecule has 2 aliphatic carbocycles. The maximum absolute atomic E-state index is 7.43. The fourth-order valence-corrected chi connectivity index (χ4v) is 13.0. The molecule has 0 N–H and O–H groups in total. The minimum absolute atomic E-state index is 0.0710. The molecule has 0 radical (unpaired) electrons. The maximum atomic E-state index is 7.43. The zero-order valence-electron chi connectivity index (χ0n) is 64.3. The first-order chi connectivity index (χ1) is 49.2. The van der Waals surface area contributed by atoms with E-state index in [1.165, 1.54) is 86.0 Å². The molecule has 0 fully saturated rings. The van der Waals surface area contributed by atoms with Crippen molar-refractivity contribution in [2.75, 3.05) is 67.1 Å². The van der Waals surface area contributed by atoms with Gasteiger partial charge >= 0.3 is 0 Å². The van der Waals surface area contributed by atoms with Crippen molar-refractivity contribution in [3.63, 3.8) is 0 Å². The van der Waals surface area contributed by atoms with Crippen LogP contribution in [0.1, 0.15) is 210 Å². The van der Waals surface area contributed by atoms with Crippen molar-refractivity contribution >= 4 is 12.2 Å². The van der Waals surface area contributed by atoms with E-state index in [0.717, 1.165) is 30.4 Å². The van der Waals surface area contributed by atoms with E-state index < -0.39 is 0 Å². The van der Waals surface area contributed by atoms with Crippen LogP contribution in [-0.4, -0.2) is 88.3 Å². The molecule has 10 heteroatoms. The van der Waals surface area contributed by atoms with Crippen LogP contribution in [0.4, 0.5) is 0 Å². The van der Waals surface area contributed by atoms with Crippen molar-refractivity contribution in [3.8, 4) is 0 Å². The van der Waals surface area contributed by atoms with Crippen molar-refractivity contribution < 1.29 is 38.1 Å². The number of aryl methyl sites for hydroxylation is 4. The molecular weight excluding hydrogens is 1260 g/mol. The molecule has 0 bridgehead atoms. The van der Waals surface area contributed by atoms with Gasteiger partial charge in [-0.2, -0.15) is 10.1 Å². The van der Waals surface area contributed by atoms with Gasteiger partial charge in [0.1, 0.15) is 12.2 Å². The number of fused-ring (bicyclic) bond motifs is 2. The quantitative estimate of drug-likeness (QED) is 0.0280. The Kier molecular flexibility index (Phi) is 34.8. The summed E-state index contributed by atoms with van der Waals surface area (Å²) in [7, 11) is 3.35. The zero-order valence-corrected chi connectivity index (χ0v) is 64.3. The average Bonchev–Trinajstić information content (AvgIpc) is 0.798. The van der Waals surface area contributed by atoms with Gasteiger partial charge in [-0.1, -0.05) is 266 Å². The Bertz CT molecular complexity index is 3610. The number of rotatable bonds is 36. The first kappa shape index (κ1) is 82.1. The largest absolute Gasteiger partial charge is 0.382 e. The smallest absolute Gasteiger partial charge is 0.105 e. The predicted molar refractivity (Wildman–Crippen MR) is 423 cm³/mol. The summed E-state index contributed by atoms with van der Waals surface area (Å²) in [5.41, 5.74) is 18.0.